The van der Waals surface area contributed by atoms with Gasteiger partial charge in [-0.3, -0.25) is 0 Å². The molecular weight excluding hydrogens is 355 g/mol. The maximum atomic E-state index is 13.6. The van der Waals surface area contributed by atoms with E-state index in [0.717, 1.165) is 22.6 Å². The third-order valence-electron chi connectivity index (χ3n) is 4.00. The van der Waals surface area contributed by atoms with E-state index in [2.05, 4.69) is 10.6 Å². The Bertz CT molecular complexity index is 772. The number of anilines is 1. The average molecular weight is 376 g/mol. The van der Waals surface area contributed by atoms with Gasteiger partial charge >= 0.3 is 6.03 Å². The van der Waals surface area contributed by atoms with Crippen molar-refractivity contribution in [2.24, 2.45) is 0 Å². The van der Waals surface area contributed by atoms with Gasteiger partial charge < -0.3 is 20.1 Å². The standard InChI is InChI=1S/C19H21FN2O3S/c1-24-9-10-25-17-5-3-2-4-16(17)22-19(23)21-15-8-11-26-18-7-6-13(20)12-14(15)18/h2-7,12,15H,8-11H2,1H3,(H2,21,22,23). The van der Waals surface area contributed by atoms with Gasteiger partial charge in [-0.05, 0) is 42.3 Å². The SMILES string of the molecule is COCCOc1ccccc1NC(=O)NC1CCSc2ccc(F)cc21. The van der Waals surface area contributed by atoms with E-state index in [1.165, 1.54) is 12.1 Å². The molecule has 3 rings (SSSR count). The third-order valence-corrected chi connectivity index (χ3v) is 5.12. The number of rotatable bonds is 6. The van der Waals surface area contributed by atoms with Crippen LogP contribution in [-0.4, -0.2) is 32.1 Å². The maximum absolute atomic E-state index is 13.6. The van der Waals surface area contributed by atoms with Crippen molar-refractivity contribution in [3.63, 3.8) is 0 Å². The number of carbonyl (C=O) groups is 1. The number of amides is 2. The first-order valence-electron chi connectivity index (χ1n) is 8.38. The number of fused-ring (bicyclic) bond motifs is 1. The predicted molar refractivity (Wildman–Crippen MR) is 100 cm³/mol. The van der Waals surface area contributed by atoms with Crippen LogP contribution in [0.2, 0.25) is 0 Å². The Labute approximate surface area is 156 Å². The van der Waals surface area contributed by atoms with Crippen molar-refractivity contribution < 1.29 is 18.7 Å². The number of thioether (sulfide) groups is 1. The molecule has 0 bridgehead atoms. The Kier molecular flexibility index (Phi) is 6.35. The quantitative estimate of drug-likeness (QED) is 0.742. The number of para-hydroxylation sites is 2. The number of urea groups is 1. The van der Waals surface area contributed by atoms with Crippen LogP contribution in [0.5, 0.6) is 5.75 Å². The van der Waals surface area contributed by atoms with Crippen molar-refractivity contribution >= 4 is 23.5 Å². The highest BCUT2D eigenvalue weighted by molar-refractivity contribution is 7.99. The number of benzene rings is 2. The molecule has 0 saturated carbocycles. The number of halogens is 1. The van der Waals surface area contributed by atoms with Crippen LogP contribution in [0, 0.1) is 5.82 Å². The molecule has 1 aliphatic heterocycles. The van der Waals surface area contributed by atoms with Crippen LogP contribution in [0.15, 0.2) is 47.4 Å². The minimum absolute atomic E-state index is 0.219. The Balaban J connectivity index is 1.66. The first-order chi connectivity index (χ1) is 12.7. The minimum atomic E-state index is -0.347. The summed E-state index contributed by atoms with van der Waals surface area (Å²) in [6.45, 7) is 0.853. The third kappa shape index (κ3) is 4.68. The van der Waals surface area contributed by atoms with Crippen molar-refractivity contribution in [1.29, 1.82) is 0 Å². The van der Waals surface area contributed by atoms with Crippen molar-refractivity contribution in [1.82, 2.24) is 5.32 Å². The fraction of sp³-hybridized carbons (Fsp3) is 0.316. The Hall–Kier alpha value is -2.25. The Morgan fingerprint density at radius 3 is 2.96 bits per heavy atom. The van der Waals surface area contributed by atoms with Gasteiger partial charge in [0.05, 0.1) is 18.3 Å². The summed E-state index contributed by atoms with van der Waals surface area (Å²) in [7, 11) is 1.60. The average Bonchev–Trinajstić information content (AvgIpc) is 2.64. The van der Waals surface area contributed by atoms with Gasteiger partial charge in [0, 0.05) is 17.8 Å². The second kappa shape index (κ2) is 8.91. The zero-order chi connectivity index (χ0) is 18.4. The lowest BCUT2D eigenvalue weighted by Gasteiger charge is -2.26. The first kappa shape index (κ1) is 18.5. The molecule has 0 saturated heterocycles. The van der Waals surface area contributed by atoms with Crippen LogP contribution in [0.25, 0.3) is 0 Å². The number of nitrogens with one attached hydrogen (secondary N) is 2. The van der Waals surface area contributed by atoms with Gasteiger partial charge in [-0.1, -0.05) is 12.1 Å². The van der Waals surface area contributed by atoms with Crippen molar-refractivity contribution in [2.45, 2.75) is 17.4 Å². The summed E-state index contributed by atoms with van der Waals surface area (Å²) in [5.74, 6) is 1.15. The van der Waals surface area contributed by atoms with Gasteiger partial charge in [0.15, 0.2) is 0 Å². The molecule has 2 N–H and O–H groups in total. The molecule has 26 heavy (non-hydrogen) atoms. The lowest BCUT2D eigenvalue weighted by molar-refractivity contribution is 0.146. The van der Waals surface area contributed by atoms with Gasteiger partial charge in [-0.15, -0.1) is 11.8 Å². The zero-order valence-electron chi connectivity index (χ0n) is 14.5. The highest BCUT2D eigenvalue weighted by Crippen LogP contribution is 2.36. The molecule has 1 aliphatic rings. The molecule has 7 heteroatoms. The summed E-state index contributed by atoms with van der Waals surface area (Å²) < 4.78 is 24.2. The number of ether oxygens (including phenoxy) is 2. The summed E-state index contributed by atoms with van der Waals surface area (Å²) >= 11 is 1.68. The summed E-state index contributed by atoms with van der Waals surface area (Å²) in [6, 6.07) is 11.3. The molecule has 2 amide bonds. The largest absolute Gasteiger partial charge is 0.489 e. The van der Waals surface area contributed by atoms with Gasteiger partial charge in [-0.25, -0.2) is 9.18 Å². The monoisotopic (exact) mass is 376 g/mol. The fourth-order valence-corrected chi connectivity index (χ4v) is 3.87. The van der Waals surface area contributed by atoms with Crippen LogP contribution in [0.3, 0.4) is 0 Å². The van der Waals surface area contributed by atoms with E-state index in [-0.39, 0.29) is 17.9 Å². The van der Waals surface area contributed by atoms with E-state index < -0.39 is 0 Å². The van der Waals surface area contributed by atoms with Crippen LogP contribution in [0.1, 0.15) is 18.0 Å². The summed E-state index contributed by atoms with van der Waals surface area (Å²) in [6.07, 6.45) is 0.751. The van der Waals surface area contributed by atoms with E-state index in [1.54, 1.807) is 37.1 Å². The smallest absolute Gasteiger partial charge is 0.319 e. The van der Waals surface area contributed by atoms with Gasteiger partial charge in [0.1, 0.15) is 18.2 Å². The van der Waals surface area contributed by atoms with E-state index in [9.17, 15) is 9.18 Å². The molecule has 1 atom stereocenters. The maximum Gasteiger partial charge on any atom is 0.319 e. The fourth-order valence-electron chi connectivity index (χ4n) is 2.76. The van der Waals surface area contributed by atoms with Gasteiger partial charge in [-0.2, -0.15) is 0 Å². The molecule has 0 radical (unpaired) electrons. The molecule has 0 aliphatic carbocycles. The van der Waals surface area contributed by atoms with Gasteiger partial charge in [0.25, 0.3) is 0 Å². The number of carbonyl (C=O) groups excluding carboxylic acids is 1. The Morgan fingerprint density at radius 2 is 2.12 bits per heavy atom. The normalized spacial score (nSPS) is 15.8. The lowest BCUT2D eigenvalue weighted by atomic mass is 10.0. The van der Waals surface area contributed by atoms with Crippen LogP contribution < -0.4 is 15.4 Å². The minimum Gasteiger partial charge on any atom is -0.489 e. The van der Waals surface area contributed by atoms with Crippen molar-refractivity contribution in [3.8, 4) is 5.75 Å². The molecule has 0 spiro atoms. The first-order valence-corrected chi connectivity index (χ1v) is 9.36. The summed E-state index contributed by atoms with van der Waals surface area (Å²) in [5.41, 5.74) is 1.40. The molecule has 138 valence electrons. The van der Waals surface area contributed by atoms with E-state index >= 15 is 0 Å². The van der Waals surface area contributed by atoms with Crippen molar-refractivity contribution in [3.05, 3.63) is 53.8 Å². The van der Waals surface area contributed by atoms with Crippen molar-refractivity contribution in [2.75, 3.05) is 31.4 Å². The molecule has 2 aromatic rings. The molecule has 0 fully saturated rings. The van der Waals surface area contributed by atoms with Crippen LogP contribution >= 0.6 is 11.8 Å². The molecule has 2 aromatic carbocycles. The number of hydrogen-bond donors (Lipinski definition) is 2. The van der Waals surface area contributed by atoms with Gasteiger partial charge in [0.2, 0.25) is 0 Å². The highest BCUT2D eigenvalue weighted by Gasteiger charge is 2.23. The topological polar surface area (TPSA) is 59.6 Å². The summed E-state index contributed by atoms with van der Waals surface area (Å²) in [4.78, 5) is 13.5. The van der Waals surface area contributed by atoms with E-state index in [1.807, 2.05) is 12.1 Å². The lowest BCUT2D eigenvalue weighted by Crippen LogP contribution is -2.34. The number of methoxy groups -OCH3 is 1. The highest BCUT2D eigenvalue weighted by atomic mass is 32.2. The predicted octanol–water partition coefficient (Wildman–Crippen LogP) is 4.21. The Morgan fingerprint density at radius 1 is 1.27 bits per heavy atom. The van der Waals surface area contributed by atoms with E-state index in [4.69, 9.17) is 9.47 Å². The number of hydrogen-bond acceptors (Lipinski definition) is 4. The molecule has 1 unspecified atom stereocenters. The summed E-state index contributed by atoms with van der Waals surface area (Å²) in [5, 5.41) is 5.75. The van der Waals surface area contributed by atoms with Crippen LogP contribution in [0.4, 0.5) is 14.9 Å². The van der Waals surface area contributed by atoms with Crippen LogP contribution in [-0.2, 0) is 4.74 Å². The molecule has 0 aromatic heterocycles. The van der Waals surface area contributed by atoms with E-state index in [0.29, 0.717) is 24.7 Å². The molecule has 1 heterocycles. The second-order valence-corrected chi connectivity index (χ2v) is 6.94. The zero-order valence-corrected chi connectivity index (χ0v) is 15.3. The second-order valence-electron chi connectivity index (χ2n) is 5.81. The molecular formula is C19H21FN2O3S. The molecule has 5 nitrogen and oxygen atoms in total.